The monoisotopic (exact) mass is 380 g/mol. The number of aromatic nitrogens is 2. The van der Waals surface area contributed by atoms with Crippen LogP contribution in [0.2, 0.25) is 0 Å². The van der Waals surface area contributed by atoms with Crippen molar-refractivity contribution in [2.75, 3.05) is 26.7 Å². The zero-order valence-electron chi connectivity index (χ0n) is 16.7. The molecule has 2 aliphatic heterocycles. The summed E-state index contributed by atoms with van der Waals surface area (Å²) in [6, 6.07) is 10.1. The zero-order valence-corrected chi connectivity index (χ0v) is 16.7. The van der Waals surface area contributed by atoms with Gasteiger partial charge in [-0.05, 0) is 37.2 Å². The van der Waals surface area contributed by atoms with E-state index in [4.69, 9.17) is 0 Å². The van der Waals surface area contributed by atoms with Crippen molar-refractivity contribution in [2.24, 2.45) is 5.41 Å². The third-order valence-electron chi connectivity index (χ3n) is 6.49. The molecule has 2 fully saturated rings. The second kappa shape index (κ2) is 7.41. The minimum atomic E-state index is -0.0733. The second-order valence-electron chi connectivity index (χ2n) is 8.34. The summed E-state index contributed by atoms with van der Waals surface area (Å²) in [6.45, 7) is 4.57. The van der Waals surface area contributed by atoms with Gasteiger partial charge in [-0.3, -0.25) is 9.59 Å². The summed E-state index contributed by atoms with van der Waals surface area (Å²) in [5.41, 5.74) is 1.21. The van der Waals surface area contributed by atoms with Gasteiger partial charge in [0.15, 0.2) is 0 Å². The van der Waals surface area contributed by atoms with Crippen molar-refractivity contribution in [2.45, 2.75) is 38.6 Å². The lowest BCUT2D eigenvalue weighted by Crippen LogP contribution is -2.53. The van der Waals surface area contributed by atoms with Crippen molar-refractivity contribution < 1.29 is 9.59 Å². The van der Waals surface area contributed by atoms with Crippen molar-refractivity contribution in [3.63, 3.8) is 0 Å². The summed E-state index contributed by atoms with van der Waals surface area (Å²) in [4.78, 5) is 33.5. The minimum Gasteiger partial charge on any atom is -0.345 e. The zero-order chi connectivity index (χ0) is 19.7. The van der Waals surface area contributed by atoms with Crippen LogP contribution in [0.1, 0.15) is 36.6 Å². The highest BCUT2D eigenvalue weighted by molar-refractivity contribution is 5.84. The number of likely N-dealkylation sites (tertiary alicyclic amines) is 2. The van der Waals surface area contributed by atoms with Gasteiger partial charge in [-0.15, -0.1) is 0 Å². The van der Waals surface area contributed by atoms with Crippen LogP contribution in [0.25, 0.3) is 0 Å². The average Bonchev–Trinajstić information content (AvgIpc) is 3.10. The van der Waals surface area contributed by atoms with E-state index < -0.39 is 0 Å². The molecule has 0 radical (unpaired) electrons. The first-order valence-electron chi connectivity index (χ1n) is 10.0. The molecule has 1 aromatic carbocycles. The van der Waals surface area contributed by atoms with Gasteiger partial charge in [-0.2, -0.15) is 0 Å². The number of hydrogen-bond acceptors (Lipinski definition) is 3. The van der Waals surface area contributed by atoms with E-state index in [-0.39, 0.29) is 23.1 Å². The van der Waals surface area contributed by atoms with Gasteiger partial charge in [0.1, 0.15) is 12.4 Å². The van der Waals surface area contributed by atoms with Gasteiger partial charge in [0.2, 0.25) is 11.8 Å². The Morgan fingerprint density at radius 2 is 1.93 bits per heavy atom. The maximum atomic E-state index is 12.8. The van der Waals surface area contributed by atoms with Crippen LogP contribution in [0.3, 0.4) is 0 Å². The van der Waals surface area contributed by atoms with E-state index in [0.29, 0.717) is 6.54 Å². The van der Waals surface area contributed by atoms with Crippen LogP contribution in [-0.2, 0) is 16.1 Å². The van der Waals surface area contributed by atoms with Crippen LogP contribution in [-0.4, -0.2) is 57.8 Å². The van der Waals surface area contributed by atoms with Gasteiger partial charge >= 0.3 is 0 Å². The van der Waals surface area contributed by atoms with Crippen LogP contribution in [0.4, 0.5) is 0 Å². The Kier molecular flexibility index (Phi) is 4.96. The van der Waals surface area contributed by atoms with Crippen LogP contribution < -0.4 is 0 Å². The van der Waals surface area contributed by atoms with E-state index in [1.165, 1.54) is 0 Å². The molecule has 2 aromatic rings. The van der Waals surface area contributed by atoms with Crippen LogP contribution >= 0.6 is 0 Å². The first-order valence-corrected chi connectivity index (χ1v) is 10.0. The van der Waals surface area contributed by atoms with Gasteiger partial charge in [-0.25, -0.2) is 4.98 Å². The fraction of sp³-hybridized carbons (Fsp3) is 0.500. The van der Waals surface area contributed by atoms with E-state index in [2.05, 4.69) is 17.1 Å². The number of rotatable bonds is 3. The third-order valence-corrected chi connectivity index (χ3v) is 6.49. The van der Waals surface area contributed by atoms with Crippen molar-refractivity contribution >= 4 is 11.8 Å². The Bertz CT molecular complexity index is 852. The van der Waals surface area contributed by atoms with E-state index in [0.717, 1.165) is 50.3 Å². The topological polar surface area (TPSA) is 58.4 Å². The molecule has 2 saturated heterocycles. The molecule has 1 aromatic heterocycles. The molecular formula is C22H28N4O2. The lowest BCUT2D eigenvalue weighted by atomic mass is 9.67. The molecule has 0 aliphatic carbocycles. The molecule has 0 bridgehead atoms. The molecule has 2 aliphatic rings. The molecule has 28 heavy (non-hydrogen) atoms. The van der Waals surface area contributed by atoms with Gasteiger partial charge in [0, 0.05) is 39.1 Å². The minimum absolute atomic E-state index is 0.0733. The fourth-order valence-electron chi connectivity index (χ4n) is 4.79. The molecule has 0 unspecified atom stereocenters. The number of hydrogen-bond donors (Lipinski definition) is 0. The highest BCUT2D eigenvalue weighted by Crippen LogP contribution is 2.45. The van der Waals surface area contributed by atoms with Crippen molar-refractivity contribution in [1.82, 2.24) is 19.4 Å². The van der Waals surface area contributed by atoms with Crippen LogP contribution in [0.5, 0.6) is 0 Å². The molecule has 2 amide bonds. The summed E-state index contributed by atoms with van der Waals surface area (Å²) in [7, 11) is 1.92. The second-order valence-corrected chi connectivity index (χ2v) is 8.34. The van der Waals surface area contributed by atoms with Gasteiger partial charge in [0.25, 0.3) is 0 Å². The number of benzene rings is 1. The fourth-order valence-corrected chi connectivity index (χ4v) is 4.79. The Labute approximate surface area is 166 Å². The number of amides is 2. The highest BCUT2D eigenvalue weighted by Gasteiger charge is 2.45. The molecule has 0 N–H and O–H groups in total. The summed E-state index contributed by atoms with van der Waals surface area (Å²) < 4.78 is 1.89. The predicted octanol–water partition coefficient (Wildman–Crippen LogP) is 2.45. The number of likely N-dealkylation sites (N-methyl/N-ethyl adjacent to an activating group) is 1. The summed E-state index contributed by atoms with van der Waals surface area (Å²) in [5, 5.41) is 0. The predicted molar refractivity (Wildman–Crippen MR) is 107 cm³/mol. The number of imidazole rings is 1. The molecule has 1 spiro atoms. The van der Waals surface area contributed by atoms with Gasteiger partial charge in [0.05, 0.1) is 5.92 Å². The molecule has 0 saturated carbocycles. The lowest BCUT2D eigenvalue weighted by molar-refractivity contribution is -0.143. The van der Waals surface area contributed by atoms with E-state index in [9.17, 15) is 9.59 Å². The lowest BCUT2D eigenvalue weighted by Gasteiger charge is -2.49. The molecule has 6 heteroatoms. The maximum Gasteiger partial charge on any atom is 0.242 e. The van der Waals surface area contributed by atoms with E-state index in [1.54, 1.807) is 6.20 Å². The van der Waals surface area contributed by atoms with E-state index >= 15 is 0 Å². The number of carbonyl (C=O) groups is 2. The largest absolute Gasteiger partial charge is 0.345 e. The molecule has 1 atom stereocenters. The Morgan fingerprint density at radius 3 is 2.57 bits per heavy atom. The average molecular weight is 380 g/mol. The first kappa shape index (κ1) is 18.7. The first-order chi connectivity index (χ1) is 13.5. The highest BCUT2D eigenvalue weighted by atomic mass is 16.2. The Morgan fingerprint density at radius 1 is 1.21 bits per heavy atom. The van der Waals surface area contributed by atoms with Crippen LogP contribution in [0, 0.1) is 12.3 Å². The van der Waals surface area contributed by atoms with Crippen molar-refractivity contribution in [3.05, 3.63) is 54.1 Å². The molecule has 3 heterocycles. The maximum absolute atomic E-state index is 12.8. The quantitative estimate of drug-likeness (QED) is 0.822. The summed E-state index contributed by atoms with van der Waals surface area (Å²) in [6.07, 6.45) is 6.35. The van der Waals surface area contributed by atoms with Crippen molar-refractivity contribution in [1.29, 1.82) is 0 Å². The van der Waals surface area contributed by atoms with E-state index in [1.807, 2.05) is 52.7 Å². The van der Waals surface area contributed by atoms with Crippen LogP contribution in [0.15, 0.2) is 42.7 Å². The van der Waals surface area contributed by atoms with Gasteiger partial charge in [-0.1, -0.05) is 30.3 Å². The SMILES string of the molecule is Cc1nccn1CC(=O)N1CCC2(CC1)C[C@H](c1ccccc1)C(=O)N(C)C2. The number of nitrogens with zero attached hydrogens (tertiary/aromatic N) is 4. The normalized spacial score (nSPS) is 21.9. The standard InChI is InChI=1S/C22H28N4O2/c1-17-23-10-13-26(17)15-20(27)25-11-8-22(9-12-25)14-19(21(28)24(2)16-22)18-6-4-3-5-7-18/h3-7,10,13,19H,8-9,11-12,14-16H2,1-2H3/t19-/m1/s1. The Balaban J connectivity index is 1.43. The Hall–Kier alpha value is -2.63. The molecular weight excluding hydrogens is 352 g/mol. The molecule has 148 valence electrons. The number of piperidine rings is 2. The molecule has 6 nitrogen and oxygen atoms in total. The van der Waals surface area contributed by atoms with Gasteiger partial charge < -0.3 is 14.4 Å². The smallest absolute Gasteiger partial charge is 0.242 e. The third kappa shape index (κ3) is 3.55. The summed E-state index contributed by atoms with van der Waals surface area (Å²) >= 11 is 0. The van der Waals surface area contributed by atoms with Crippen molar-refractivity contribution in [3.8, 4) is 0 Å². The number of aryl methyl sites for hydroxylation is 1. The number of carbonyl (C=O) groups excluding carboxylic acids is 2. The molecule has 4 rings (SSSR count). The summed E-state index contributed by atoms with van der Waals surface area (Å²) in [5.74, 6) is 1.15.